The molecule has 60 heavy (non-hydrogen) atoms. The minimum atomic E-state index is -0.506. The predicted octanol–water partition coefficient (Wildman–Crippen LogP) is 12.8. The second-order valence-electron chi connectivity index (χ2n) is 15.9. The molecule has 2 aliphatic carbocycles. The SMILES string of the molecule is Oc1ccc(C2(c3ccc(OCCCCCCOc4ccc(C5(c6ccc(O)cc6)c6ccccc6-c6ccccc65)cc4)cc3)c3ccccc3-c3ccccc32)cc1. The summed E-state index contributed by atoms with van der Waals surface area (Å²) < 4.78 is 12.5. The van der Waals surface area contributed by atoms with Gasteiger partial charge in [-0.2, -0.15) is 0 Å². The van der Waals surface area contributed by atoms with E-state index in [0.29, 0.717) is 13.2 Å². The molecular formula is C56H46O4. The number of phenolic OH excluding ortho intramolecular Hbond substituents is 2. The average molecular weight is 783 g/mol. The molecule has 0 atom stereocenters. The summed E-state index contributed by atoms with van der Waals surface area (Å²) in [7, 11) is 0. The summed E-state index contributed by atoms with van der Waals surface area (Å²) >= 11 is 0. The fourth-order valence-corrected chi connectivity index (χ4v) is 10.0. The number of aromatic hydroxyl groups is 2. The van der Waals surface area contributed by atoms with Crippen molar-refractivity contribution < 1.29 is 19.7 Å². The van der Waals surface area contributed by atoms with Crippen LogP contribution in [-0.4, -0.2) is 23.4 Å². The molecule has 4 nitrogen and oxygen atoms in total. The molecule has 0 saturated heterocycles. The van der Waals surface area contributed by atoms with Crippen molar-refractivity contribution in [3.63, 3.8) is 0 Å². The Morgan fingerprint density at radius 2 is 0.567 bits per heavy atom. The van der Waals surface area contributed by atoms with Crippen molar-refractivity contribution in [2.24, 2.45) is 0 Å². The largest absolute Gasteiger partial charge is 0.508 e. The molecule has 8 aromatic carbocycles. The van der Waals surface area contributed by atoms with Crippen LogP contribution in [0.3, 0.4) is 0 Å². The van der Waals surface area contributed by atoms with Crippen LogP contribution < -0.4 is 9.47 Å². The molecule has 0 radical (unpaired) electrons. The van der Waals surface area contributed by atoms with Gasteiger partial charge in [0.2, 0.25) is 0 Å². The topological polar surface area (TPSA) is 58.9 Å². The van der Waals surface area contributed by atoms with Gasteiger partial charge in [0, 0.05) is 0 Å². The first kappa shape index (κ1) is 37.2. The molecule has 0 heterocycles. The van der Waals surface area contributed by atoms with Gasteiger partial charge in [0.15, 0.2) is 0 Å². The summed E-state index contributed by atoms with van der Waals surface area (Å²) in [6.45, 7) is 1.32. The Balaban J connectivity index is 0.764. The number of phenols is 2. The van der Waals surface area contributed by atoms with E-state index in [2.05, 4.69) is 146 Å². The Morgan fingerprint density at radius 1 is 0.300 bits per heavy atom. The molecule has 4 heteroatoms. The Kier molecular flexibility index (Phi) is 9.69. The van der Waals surface area contributed by atoms with Gasteiger partial charge in [-0.15, -0.1) is 0 Å². The van der Waals surface area contributed by atoms with E-state index in [-0.39, 0.29) is 11.5 Å². The van der Waals surface area contributed by atoms with Gasteiger partial charge in [0.25, 0.3) is 0 Å². The minimum absolute atomic E-state index is 0.259. The highest BCUT2D eigenvalue weighted by atomic mass is 16.5. The van der Waals surface area contributed by atoms with Crippen molar-refractivity contribution in [2.45, 2.75) is 36.5 Å². The first-order valence-corrected chi connectivity index (χ1v) is 21.0. The maximum Gasteiger partial charge on any atom is 0.119 e. The van der Waals surface area contributed by atoms with Crippen LogP contribution in [0.2, 0.25) is 0 Å². The van der Waals surface area contributed by atoms with Gasteiger partial charge >= 0.3 is 0 Å². The van der Waals surface area contributed by atoms with Gasteiger partial charge in [0.05, 0.1) is 24.0 Å². The molecule has 0 spiro atoms. The fraction of sp³-hybridized carbons (Fsp3) is 0.143. The third kappa shape index (κ3) is 6.14. The molecule has 10 rings (SSSR count). The molecule has 0 aliphatic heterocycles. The number of rotatable bonds is 13. The van der Waals surface area contributed by atoms with Crippen LogP contribution in [0.25, 0.3) is 22.3 Å². The standard InChI is InChI=1S/C56H46O4/c57-43-29-21-39(22-30-43)55(51-17-7-3-13-47(51)48-14-4-8-18-52(48)55)41-25-33-45(34-26-41)59-37-11-1-2-12-38-60-46-35-27-42(28-36-46)56(40-23-31-44(58)32-24-40)53-19-9-5-15-49(53)50-16-6-10-20-54(50)56/h3-10,13-36,57-58H,1-2,11-12,37-38H2. The molecule has 8 aromatic rings. The van der Waals surface area contributed by atoms with E-state index in [1.54, 1.807) is 24.3 Å². The Bertz CT molecular complexity index is 2480. The maximum atomic E-state index is 10.2. The van der Waals surface area contributed by atoms with Crippen molar-refractivity contribution in [2.75, 3.05) is 13.2 Å². The van der Waals surface area contributed by atoms with Gasteiger partial charge < -0.3 is 19.7 Å². The van der Waals surface area contributed by atoms with Crippen molar-refractivity contribution >= 4 is 0 Å². The number of benzene rings is 8. The van der Waals surface area contributed by atoms with Crippen molar-refractivity contribution in [1.29, 1.82) is 0 Å². The minimum Gasteiger partial charge on any atom is -0.508 e. The van der Waals surface area contributed by atoms with E-state index in [0.717, 1.165) is 48.3 Å². The number of ether oxygens (including phenoxy) is 2. The maximum absolute atomic E-state index is 10.2. The van der Waals surface area contributed by atoms with Gasteiger partial charge in [-0.1, -0.05) is 146 Å². The highest BCUT2D eigenvalue weighted by Gasteiger charge is 2.47. The summed E-state index contributed by atoms with van der Waals surface area (Å²) in [5.41, 5.74) is 13.5. The molecule has 294 valence electrons. The van der Waals surface area contributed by atoms with Crippen molar-refractivity contribution in [3.05, 3.63) is 239 Å². The summed E-state index contributed by atoms with van der Waals surface area (Å²) in [6.07, 6.45) is 4.06. The number of hydrogen-bond acceptors (Lipinski definition) is 4. The molecule has 0 unspecified atom stereocenters. The summed E-state index contributed by atoms with van der Waals surface area (Å²) in [5, 5.41) is 20.4. The first-order chi connectivity index (χ1) is 29.6. The van der Waals surface area contributed by atoms with E-state index in [1.165, 1.54) is 55.6 Å². The number of unbranched alkanes of at least 4 members (excludes halogenated alkanes) is 3. The molecule has 0 amide bonds. The smallest absolute Gasteiger partial charge is 0.119 e. The van der Waals surface area contributed by atoms with Crippen LogP contribution in [0.4, 0.5) is 0 Å². The molecule has 0 bridgehead atoms. The van der Waals surface area contributed by atoms with E-state index >= 15 is 0 Å². The third-order valence-electron chi connectivity index (χ3n) is 12.7. The van der Waals surface area contributed by atoms with Crippen molar-refractivity contribution in [3.8, 4) is 45.3 Å². The lowest BCUT2D eigenvalue weighted by Crippen LogP contribution is -2.28. The molecule has 2 aliphatic rings. The Morgan fingerprint density at radius 3 is 0.867 bits per heavy atom. The summed E-state index contributed by atoms with van der Waals surface area (Å²) in [6, 6.07) is 67.2. The van der Waals surface area contributed by atoms with Gasteiger partial charge in [-0.25, -0.2) is 0 Å². The zero-order valence-corrected chi connectivity index (χ0v) is 33.4. The Labute approximate surface area is 352 Å². The highest BCUT2D eigenvalue weighted by Crippen LogP contribution is 2.57. The second-order valence-corrected chi connectivity index (χ2v) is 15.9. The van der Waals surface area contributed by atoms with E-state index in [1.807, 2.05) is 24.3 Å². The summed E-state index contributed by atoms with van der Waals surface area (Å²) in [5.74, 6) is 2.24. The lowest BCUT2D eigenvalue weighted by Gasteiger charge is -2.34. The third-order valence-corrected chi connectivity index (χ3v) is 12.7. The van der Waals surface area contributed by atoms with Crippen LogP contribution in [0.5, 0.6) is 23.0 Å². The Hall–Kier alpha value is -7.04. The molecule has 0 saturated carbocycles. The molecule has 2 N–H and O–H groups in total. The number of fused-ring (bicyclic) bond motifs is 6. The van der Waals surface area contributed by atoms with Crippen LogP contribution >= 0.6 is 0 Å². The zero-order valence-electron chi connectivity index (χ0n) is 33.4. The first-order valence-electron chi connectivity index (χ1n) is 21.0. The second kappa shape index (κ2) is 15.6. The van der Waals surface area contributed by atoms with Gasteiger partial charge in [-0.05, 0) is 141 Å². The monoisotopic (exact) mass is 782 g/mol. The lowest BCUT2D eigenvalue weighted by atomic mass is 9.68. The van der Waals surface area contributed by atoms with Crippen LogP contribution in [0.1, 0.15) is 70.2 Å². The van der Waals surface area contributed by atoms with E-state index in [4.69, 9.17) is 9.47 Å². The fourth-order valence-electron chi connectivity index (χ4n) is 10.0. The summed E-state index contributed by atoms with van der Waals surface area (Å²) in [4.78, 5) is 0. The number of hydrogen-bond donors (Lipinski definition) is 2. The zero-order chi connectivity index (χ0) is 40.5. The lowest BCUT2D eigenvalue weighted by molar-refractivity contribution is 0.287. The average Bonchev–Trinajstić information content (AvgIpc) is 3.77. The predicted molar refractivity (Wildman–Crippen MR) is 240 cm³/mol. The molecule has 0 fully saturated rings. The van der Waals surface area contributed by atoms with Gasteiger partial charge in [-0.3, -0.25) is 0 Å². The quantitative estimate of drug-likeness (QED) is 0.114. The highest BCUT2D eigenvalue weighted by molar-refractivity contribution is 5.87. The van der Waals surface area contributed by atoms with Gasteiger partial charge in [0.1, 0.15) is 23.0 Å². The molecular weight excluding hydrogens is 737 g/mol. The van der Waals surface area contributed by atoms with Crippen LogP contribution in [-0.2, 0) is 10.8 Å². The van der Waals surface area contributed by atoms with E-state index in [9.17, 15) is 10.2 Å². The van der Waals surface area contributed by atoms with E-state index < -0.39 is 10.8 Å². The normalized spacial score (nSPS) is 13.8. The van der Waals surface area contributed by atoms with Crippen molar-refractivity contribution in [1.82, 2.24) is 0 Å². The van der Waals surface area contributed by atoms with Crippen LogP contribution in [0, 0.1) is 0 Å². The molecule has 0 aromatic heterocycles. The van der Waals surface area contributed by atoms with Crippen LogP contribution in [0.15, 0.2) is 194 Å².